The number of rotatable bonds is 3. The first-order chi connectivity index (χ1) is 9.04. The van der Waals surface area contributed by atoms with E-state index in [0.717, 1.165) is 31.4 Å². The van der Waals surface area contributed by atoms with E-state index in [9.17, 15) is 9.90 Å². The van der Waals surface area contributed by atoms with Crippen molar-refractivity contribution in [3.8, 4) is 0 Å². The molecular formula is C13H22N4O2. The lowest BCUT2D eigenvalue weighted by Crippen LogP contribution is -2.45. The number of nitrogen functional groups attached to an aromatic ring is 1. The molecule has 6 heteroatoms. The molecule has 0 aromatic carbocycles. The van der Waals surface area contributed by atoms with Crippen molar-refractivity contribution in [3.05, 3.63) is 11.4 Å². The number of aliphatic hydroxyl groups excluding tert-OH is 1. The summed E-state index contributed by atoms with van der Waals surface area (Å²) in [5.41, 5.74) is 7.50. The van der Waals surface area contributed by atoms with Crippen molar-refractivity contribution in [2.75, 3.05) is 5.73 Å². The van der Waals surface area contributed by atoms with Crippen molar-refractivity contribution in [2.24, 2.45) is 7.05 Å². The van der Waals surface area contributed by atoms with Crippen LogP contribution >= 0.6 is 0 Å². The average molecular weight is 266 g/mol. The van der Waals surface area contributed by atoms with Gasteiger partial charge in [-0.1, -0.05) is 19.8 Å². The molecule has 1 aromatic heterocycles. The minimum absolute atomic E-state index is 0.180. The van der Waals surface area contributed by atoms with E-state index >= 15 is 0 Å². The number of hydrogen-bond donors (Lipinski definition) is 3. The van der Waals surface area contributed by atoms with Crippen molar-refractivity contribution in [3.63, 3.8) is 0 Å². The first kappa shape index (κ1) is 13.9. The van der Waals surface area contributed by atoms with Gasteiger partial charge in [-0.3, -0.25) is 9.48 Å². The molecule has 0 saturated heterocycles. The molecule has 2 atom stereocenters. The zero-order valence-corrected chi connectivity index (χ0v) is 11.5. The molecule has 0 radical (unpaired) electrons. The molecular weight excluding hydrogens is 244 g/mol. The molecule has 2 rings (SSSR count). The van der Waals surface area contributed by atoms with Crippen LogP contribution in [0.3, 0.4) is 0 Å². The number of anilines is 1. The Balaban J connectivity index is 2.13. The molecule has 1 fully saturated rings. The molecule has 0 bridgehead atoms. The minimum Gasteiger partial charge on any atom is -0.395 e. The van der Waals surface area contributed by atoms with Crippen molar-refractivity contribution >= 4 is 11.6 Å². The quantitative estimate of drug-likeness (QED) is 0.746. The summed E-state index contributed by atoms with van der Waals surface area (Å²) in [6.45, 7) is 1.95. The third-order valence-corrected chi connectivity index (χ3v) is 3.76. The number of aromatic nitrogens is 2. The van der Waals surface area contributed by atoms with E-state index in [1.807, 2.05) is 6.92 Å². The zero-order valence-electron chi connectivity index (χ0n) is 11.5. The van der Waals surface area contributed by atoms with Crippen LogP contribution in [0.15, 0.2) is 0 Å². The average Bonchev–Trinajstić information content (AvgIpc) is 2.67. The molecule has 1 heterocycles. The van der Waals surface area contributed by atoms with Crippen LogP contribution in [0.4, 0.5) is 5.69 Å². The van der Waals surface area contributed by atoms with Gasteiger partial charge in [0.2, 0.25) is 0 Å². The number of carbonyl (C=O) groups is 1. The Hall–Kier alpha value is -1.56. The van der Waals surface area contributed by atoms with E-state index in [1.54, 1.807) is 7.05 Å². The number of nitrogens with one attached hydrogen (secondary N) is 1. The lowest BCUT2D eigenvalue weighted by atomic mass is 9.92. The van der Waals surface area contributed by atoms with E-state index < -0.39 is 6.10 Å². The maximum Gasteiger partial charge on any atom is 0.272 e. The number of aliphatic hydroxyl groups is 1. The summed E-state index contributed by atoms with van der Waals surface area (Å²) in [5, 5.41) is 17.0. The van der Waals surface area contributed by atoms with Crippen LogP contribution in [-0.4, -0.2) is 32.9 Å². The summed E-state index contributed by atoms with van der Waals surface area (Å²) >= 11 is 0. The molecule has 1 aromatic rings. The lowest BCUT2D eigenvalue weighted by Gasteiger charge is -2.28. The SMILES string of the molecule is CCc1nn(C)c(C(=O)NC2CCCCC2O)c1N. The smallest absolute Gasteiger partial charge is 0.272 e. The van der Waals surface area contributed by atoms with Crippen molar-refractivity contribution in [1.82, 2.24) is 15.1 Å². The van der Waals surface area contributed by atoms with Crippen LogP contribution in [-0.2, 0) is 13.5 Å². The molecule has 0 aliphatic heterocycles. The highest BCUT2D eigenvalue weighted by Crippen LogP contribution is 2.21. The monoisotopic (exact) mass is 266 g/mol. The van der Waals surface area contributed by atoms with Gasteiger partial charge in [0, 0.05) is 7.05 Å². The van der Waals surface area contributed by atoms with Crippen LogP contribution < -0.4 is 11.1 Å². The Bertz CT molecular complexity index is 469. The van der Waals surface area contributed by atoms with Gasteiger partial charge in [-0.15, -0.1) is 0 Å². The van der Waals surface area contributed by atoms with Crippen LogP contribution in [0, 0.1) is 0 Å². The number of nitrogens with zero attached hydrogens (tertiary/aromatic N) is 2. The van der Waals surface area contributed by atoms with E-state index in [-0.39, 0.29) is 11.9 Å². The Kier molecular flexibility index (Phi) is 4.09. The standard InChI is InChI=1S/C13H22N4O2/c1-3-8-11(14)12(17(2)16-8)13(19)15-9-6-4-5-7-10(9)18/h9-10,18H,3-7,14H2,1-2H3,(H,15,19). The van der Waals surface area contributed by atoms with E-state index in [0.29, 0.717) is 17.8 Å². The van der Waals surface area contributed by atoms with E-state index in [4.69, 9.17) is 5.73 Å². The van der Waals surface area contributed by atoms with Crippen molar-refractivity contribution in [1.29, 1.82) is 0 Å². The van der Waals surface area contributed by atoms with Gasteiger partial charge in [0.1, 0.15) is 5.69 Å². The molecule has 2 unspecified atom stereocenters. The summed E-state index contributed by atoms with van der Waals surface area (Å²) in [4.78, 5) is 12.3. The van der Waals surface area contributed by atoms with Gasteiger partial charge >= 0.3 is 0 Å². The summed E-state index contributed by atoms with van der Waals surface area (Å²) in [6, 6.07) is -0.180. The largest absolute Gasteiger partial charge is 0.395 e. The minimum atomic E-state index is -0.460. The third kappa shape index (κ3) is 2.73. The maximum atomic E-state index is 12.3. The Morgan fingerprint density at radius 3 is 2.79 bits per heavy atom. The van der Waals surface area contributed by atoms with Gasteiger partial charge in [-0.25, -0.2) is 0 Å². The topological polar surface area (TPSA) is 93.2 Å². The highest BCUT2D eigenvalue weighted by Gasteiger charge is 2.27. The highest BCUT2D eigenvalue weighted by atomic mass is 16.3. The van der Waals surface area contributed by atoms with Gasteiger partial charge in [0.25, 0.3) is 5.91 Å². The van der Waals surface area contributed by atoms with Crippen molar-refractivity contribution in [2.45, 2.75) is 51.2 Å². The molecule has 106 valence electrons. The van der Waals surface area contributed by atoms with Crippen molar-refractivity contribution < 1.29 is 9.90 Å². The van der Waals surface area contributed by atoms with E-state index in [2.05, 4.69) is 10.4 Å². The Morgan fingerprint density at radius 2 is 2.21 bits per heavy atom. The summed E-state index contributed by atoms with van der Waals surface area (Å²) in [7, 11) is 1.71. The number of carbonyl (C=O) groups excluding carboxylic acids is 1. The maximum absolute atomic E-state index is 12.3. The molecule has 1 aliphatic rings. The van der Waals surface area contributed by atoms with Crippen LogP contribution in [0.1, 0.15) is 48.8 Å². The predicted molar refractivity (Wildman–Crippen MR) is 72.7 cm³/mol. The molecule has 19 heavy (non-hydrogen) atoms. The fourth-order valence-electron chi connectivity index (χ4n) is 2.64. The second-order valence-electron chi connectivity index (χ2n) is 5.12. The molecule has 4 N–H and O–H groups in total. The van der Waals surface area contributed by atoms with Gasteiger partial charge < -0.3 is 16.2 Å². The summed E-state index contributed by atoms with van der Waals surface area (Å²) in [6.07, 6.45) is 3.83. The molecule has 0 spiro atoms. The lowest BCUT2D eigenvalue weighted by molar-refractivity contribution is 0.0711. The number of aryl methyl sites for hydroxylation is 2. The van der Waals surface area contributed by atoms with Gasteiger partial charge in [-0.05, 0) is 19.3 Å². The molecule has 1 saturated carbocycles. The zero-order chi connectivity index (χ0) is 14.0. The fourth-order valence-corrected chi connectivity index (χ4v) is 2.64. The van der Waals surface area contributed by atoms with Gasteiger partial charge in [0.05, 0.1) is 23.5 Å². The highest BCUT2D eigenvalue weighted by molar-refractivity contribution is 5.98. The summed E-state index contributed by atoms with van der Waals surface area (Å²) in [5.74, 6) is -0.252. The van der Waals surface area contributed by atoms with Crippen LogP contribution in [0.2, 0.25) is 0 Å². The predicted octanol–water partition coefficient (Wildman–Crippen LogP) is 0.598. The van der Waals surface area contributed by atoms with E-state index in [1.165, 1.54) is 4.68 Å². The second-order valence-corrected chi connectivity index (χ2v) is 5.12. The summed E-state index contributed by atoms with van der Waals surface area (Å²) < 4.78 is 1.51. The Morgan fingerprint density at radius 1 is 1.53 bits per heavy atom. The molecule has 1 amide bonds. The fraction of sp³-hybridized carbons (Fsp3) is 0.692. The normalized spacial score (nSPS) is 23.3. The number of hydrogen-bond acceptors (Lipinski definition) is 4. The van der Waals surface area contributed by atoms with Gasteiger partial charge in [0.15, 0.2) is 0 Å². The molecule has 6 nitrogen and oxygen atoms in total. The van der Waals surface area contributed by atoms with Crippen LogP contribution in [0.25, 0.3) is 0 Å². The van der Waals surface area contributed by atoms with Crippen LogP contribution in [0.5, 0.6) is 0 Å². The molecule has 1 aliphatic carbocycles. The second kappa shape index (κ2) is 5.61. The Labute approximate surface area is 113 Å². The first-order valence-electron chi connectivity index (χ1n) is 6.84. The third-order valence-electron chi connectivity index (χ3n) is 3.76. The number of amides is 1. The van der Waals surface area contributed by atoms with Gasteiger partial charge in [-0.2, -0.15) is 5.10 Å². The first-order valence-corrected chi connectivity index (χ1v) is 6.84. The number of nitrogens with two attached hydrogens (primary N) is 1.